The Morgan fingerprint density at radius 2 is 2.00 bits per heavy atom. The van der Waals surface area contributed by atoms with Gasteiger partial charge in [0.1, 0.15) is 6.04 Å². The Morgan fingerprint density at radius 3 is 2.63 bits per heavy atom. The lowest BCUT2D eigenvalue weighted by Gasteiger charge is -2.23. The summed E-state index contributed by atoms with van der Waals surface area (Å²) in [5.74, 6) is -1.01. The summed E-state index contributed by atoms with van der Waals surface area (Å²) in [7, 11) is 0. The van der Waals surface area contributed by atoms with Crippen LogP contribution in [0.1, 0.15) is 25.7 Å². The lowest BCUT2D eigenvalue weighted by atomic mass is 10.2. The molecule has 1 saturated heterocycles. The molecule has 1 unspecified atom stereocenters. The molecule has 2 aliphatic rings. The summed E-state index contributed by atoms with van der Waals surface area (Å²) in [6.07, 6.45) is 5.77. The molecule has 2 amide bonds. The lowest BCUT2D eigenvalue weighted by molar-refractivity contribution is -0.139. The first kappa shape index (κ1) is 13.6. The first-order valence-electron chi connectivity index (χ1n) is 6.57. The van der Waals surface area contributed by atoms with Crippen molar-refractivity contribution in [2.75, 3.05) is 13.1 Å². The zero-order valence-corrected chi connectivity index (χ0v) is 10.7. The Balaban J connectivity index is 1.83. The van der Waals surface area contributed by atoms with Gasteiger partial charge < -0.3 is 15.3 Å². The molecule has 0 bridgehead atoms. The van der Waals surface area contributed by atoms with E-state index in [4.69, 9.17) is 5.11 Å². The fourth-order valence-electron chi connectivity index (χ4n) is 2.30. The molecule has 1 aliphatic heterocycles. The number of hydrogen-bond donors (Lipinski definition) is 2. The highest BCUT2D eigenvalue weighted by atomic mass is 16.4. The molecular weight excluding hydrogens is 248 g/mol. The third kappa shape index (κ3) is 3.56. The zero-order valence-electron chi connectivity index (χ0n) is 10.7. The molecule has 1 atom stereocenters. The second-order valence-corrected chi connectivity index (χ2v) is 4.95. The van der Waals surface area contributed by atoms with E-state index in [1.165, 1.54) is 6.08 Å². The topological polar surface area (TPSA) is 86.7 Å². The van der Waals surface area contributed by atoms with Crippen molar-refractivity contribution in [2.45, 2.75) is 31.7 Å². The van der Waals surface area contributed by atoms with Gasteiger partial charge in [-0.3, -0.25) is 9.59 Å². The largest absolute Gasteiger partial charge is 0.478 e. The van der Waals surface area contributed by atoms with Crippen LogP contribution in [0.15, 0.2) is 12.2 Å². The van der Waals surface area contributed by atoms with Crippen LogP contribution in [-0.2, 0) is 14.4 Å². The minimum absolute atomic E-state index is 0.0960. The second-order valence-electron chi connectivity index (χ2n) is 4.95. The summed E-state index contributed by atoms with van der Waals surface area (Å²) >= 11 is 0. The number of carboxylic acids is 1. The predicted molar refractivity (Wildman–Crippen MR) is 67.2 cm³/mol. The van der Waals surface area contributed by atoms with Gasteiger partial charge in [0, 0.05) is 25.1 Å². The third-order valence-electron chi connectivity index (χ3n) is 3.42. The summed E-state index contributed by atoms with van der Waals surface area (Å²) in [4.78, 5) is 35.9. The number of nitrogens with one attached hydrogen (secondary N) is 1. The van der Waals surface area contributed by atoms with Crippen molar-refractivity contribution in [1.29, 1.82) is 0 Å². The highest BCUT2D eigenvalue weighted by molar-refractivity contribution is 5.90. The summed E-state index contributed by atoms with van der Waals surface area (Å²) in [5.41, 5.74) is 0. The molecule has 1 saturated carbocycles. The maximum absolute atomic E-state index is 12.0. The Morgan fingerprint density at radius 1 is 1.26 bits per heavy atom. The number of carbonyl (C=O) groups excluding carboxylic acids is 2. The molecule has 0 aromatic carbocycles. The average molecular weight is 266 g/mol. The number of amides is 2. The van der Waals surface area contributed by atoms with Crippen LogP contribution in [0.2, 0.25) is 0 Å². The number of aliphatic carboxylic acids is 1. The van der Waals surface area contributed by atoms with Crippen molar-refractivity contribution in [1.82, 2.24) is 10.2 Å². The maximum Gasteiger partial charge on any atom is 0.328 e. The highest BCUT2D eigenvalue weighted by Crippen LogP contribution is 2.33. The highest BCUT2D eigenvalue weighted by Gasteiger charge is 2.40. The van der Waals surface area contributed by atoms with Crippen LogP contribution < -0.4 is 5.32 Å². The van der Waals surface area contributed by atoms with Gasteiger partial charge in [-0.2, -0.15) is 0 Å². The van der Waals surface area contributed by atoms with Crippen LogP contribution in [0.4, 0.5) is 0 Å². The fraction of sp³-hybridized carbons (Fsp3) is 0.615. The number of carboxylic acid groups (broad SMARTS) is 1. The first-order chi connectivity index (χ1) is 9.09. The van der Waals surface area contributed by atoms with E-state index in [1.807, 2.05) is 0 Å². The van der Waals surface area contributed by atoms with E-state index in [-0.39, 0.29) is 30.3 Å². The number of rotatable bonds is 5. The number of carbonyl (C=O) groups is 3. The van der Waals surface area contributed by atoms with Crippen LogP contribution in [0.3, 0.4) is 0 Å². The zero-order chi connectivity index (χ0) is 13.8. The number of hydrogen-bond acceptors (Lipinski definition) is 3. The standard InChI is InChI=1S/C13H18N2O4/c16-11(17)4-1-7-14-12(18)10-3-2-8-15(10)13(19)9-5-6-9/h1,4,9-10H,2-3,5-8H2,(H,14,18)(H,16,17)/b4-1+. The van der Waals surface area contributed by atoms with Crippen LogP contribution in [0.5, 0.6) is 0 Å². The van der Waals surface area contributed by atoms with E-state index in [0.29, 0.717) is 13.0 Å². The molecule has 0 aromatic rings. The van der Waals surface area contributed by atoms with Gasteiger partial charge in [0.2, 0.25) is 11.8 Å². The van der Waals surface area contributed by atoms with Gasteiger partial charge in [-0.1, -0.05) is 6.08 Å². The van der Waals surface area contributed by atoms with Gasteiger partial charge in [0.05, 0.1) is 0 Å². The Kier molecular flexibility index (Phi) is 4.19. The van der Waals surface area contributed by atoms with Crippen molar-refractivity contribution in [2.24, 2.45) is 5.92 Å². The second kappa shape index (κ2) is 5.86. The normalized spacial score (nSPS) is 22.7. The van der Waals surface area contributed by atoms with E-state index in [2.05, 4.69) is 5.32 Å². The molecule has 104 valence electrons. The third-order valence-corrected chi connectivity index (χ3v) is 3.42. The molecule has 2 fully saturated rings. The van der Waals surface area contributed by atoms with Crippen molar-refractivity contribution in [3.8, 4) is 0 Å². The molecular formula is C13H18N2O4. The van der Waals surface area contributed by atoms with Crippen molar-refractivity contribution in [3.05, 3.63) is 12.2 Å². The summed E-state index contributed by atoms with van der Waals surface area (Å²) < 4.78 is 0. The molecule has 0 spiro atoms. The van der Waals surface area contributed by atoms with Crippen LogP contribution in [0.25, 0.3) is 0 Å². The number of nitrogens with zero attached hydrogens (tertiary/aromatic N) is 1. The van der Waals surface area contributed by atoms with Crippen LogP contribution >= 0.6 is 0 Å². The van der Waals surface area contributed by atoms with Gasteiger partial charge in [-0.15, -0.1) is 0 Å². The monoisotopic (exact) mass is 266 g/mol. The summed E-state index contributed by atoms with van der Waals surface area (Å²) in [6, 6.07) is -0.383. The van der Waals surface area contributed by atoms with E-state index in [1.54, 1.807) is 4.90 Å². The van der Waals surface area contributed by atoms with E-state index >= 15 is 0 Å². The van der Waals surface area contributed by atoms with Crippen molar-refractivity contribution < 1.29 is 19.5 Å². The SMILES string of the molecule is O=C(O)/C=C/CNC(=O)C1CCCN1C(=O)C1CC1. The number of likely N-dealkylation sites (tertiary alicyclic amines) is 1. The average Bonchev–Trinajstić information content (AvgIpc) is 3.10. The molecule has 6 heteroatoms. The molecule has 0 radical (unpaired) electrons. The van der Waals surface area contributed by atoms with Gasteiger partial charge >= 0.3 is 5.97 Å². The molecule has 2 rings (SSSR count). The van der Waals surface area contributed by atoms with E-state index in [9.17, 15) is 14.4 Å². The quantitative estimate of drug-likeness (QED) is 0.693. The fourth-order valence-corrected chi connectivity index (χ4v) is 2.30. The smallest absolute Gasteiger partial charge is 0.328 e. The van der Waals surface area contributed by atoms with E-state index < -0.39 is 5.97 Å². The van der Waals surface area contributed by atoms with Gasteiger partial charge in [0.15, 0.2) is 0 Å². The molecule has 1 aliphatic carbocycles. The molecule has 19 heavy (non-hydrogen) atoms. The Labute approximate surface area is 111 Å². The van der Waals surface area contributed by atoms with Crippen molar-refractivity contribution >= 4 is 17.8 Å². The lowest BCUT2D eigenvalue weighted by Crippen LogP contribution is -2.46. The maximum atomic E-state index is 12.0. The van der Waals surface area contributed by atoms with Gasteiger partial charge in [0.25, 0.3) is 0 Å². The van der Waals surface area contributed by atoms with Crippen LogP contribution in [-0.4, -0.2) is 46.9 Å². The minimum atomic E-state index is -1.04. The van der Waals surface area contributed by atoms with Crippen molar-refractivity contribution in [3.63, 3.8) is 0 Å². The van der Waals surface area contributed by atoms with Gasteiger partial charge in [-0.25, -0.2) is 4.79 Å². The first-order valence-corrected chi connectivity index (χ1v) is 6.57. The Bertz CT molecular complexity index is 415. The van der Waals surface area contributed by atoms with Crippen LogP contribution in [0, 0.1) is 5.92 Å². The molecule has 2 N–H and O–H groups in total. The summed E-state index contributed by atoms with van der Waals surface area (Å²) in [6.45, 7) is 0.825. The Hall–Kier alpha value is -1.85. The molecule has 0 aromatic heterocycles. The molecule has 6 nitrogen and oxygen atoms in total. The molecule has 1 heterocycles. The predicted octanol–water partition coefficient (Wildman–Crippen LogP) is 0.144. The van der Waals surface area contributed by atoms with Gasteiger partial charge in [-0.05, 0) is 25.7 Å². The minimum Gasteiger partial charge on any atom is -0.478 e. The summed E-state index contributed by atoms with van der Waals surface area (Å²) in [5, 5.41) is 11.1. The van der Waals surface area contributed by atoms with E-state index in [0.717, 1.165) is 25.3 Å².